The molecule has 2 rings (SSSR count). The van der Waals surface area contributed by atoms with Crippen LogP contribution in [0.25, 0.3) is 0 Å². The average molecular weight is 268 g/mol. The lowest BCUT2D eigenvalue weighted by atomic mass is 10.2. The zero-order valence-corrected chi connectivity index (χ0v) is 11.4. The first-order valence-electron chi connectivity index (χ1n) is 6.56. The molecule has 0 saturated carbocycles. The highest BCUT2D eigenvalue weighted by molar-refractivity contribution is 5.86. The van der Waals surface area contributed by atoms with E-state index in [-0.39, 0.29) is 18.4 Å². The Bertz CT molecular complexity index is 391. The third-order valence-electron chi connectivity index (χ3n) is 2.89. The monoisotopic (exact) mass is 268 g/mol. The van der Waals surface area contributed by atoms with Gasteiger partial charge < -0.3 is 14.0 Å². The molecule has 2 heterocycles. The Kier molecular flexibility index (Phi) is 4.93. The van der Waals surface area contributed by atoms with Crippen LogP contribution in [0.15, 0.2) is 16.9 Å². The summed E-state index contributed by atoms with van der Waals surface area (Å²) in [6, 6.07) is 1.48. The van der Waals surface area contributed by atoms with Crippen molar-refractivity contribution in [1.82, 2.24) is 10.1 Å². The van der Waals surface area contributed by atoms with Crippen LogP contribution in [0, 0.1) is 5.92 Å². The fourth-order valence-electron chi connectivity index (χ4n) is 2.12. The highest BCUT2D eigenvalue weighted by Crippen LogP contribution is 2.09. The maximum absolute atomic E-state index is 11.6. The molecule has 0 spiro atoms. The predicted octanol–water partition coefficient (Wildman–Crippen LogP) is 1.19. The van der Waals surface area contributed by atoms with Gasteiger partial charge in [0.25, 0.3) is 0 Å². The number of rotatable bonds is 5. The standard InChI is InChI=1S/C13H20N2O4/c1-10(2)7-15-4-6-17-11(8-15)9-18-13(16)12-3-5-19-14-12/h3,5,10-11H,4,6-9H2,1-2H3. The highest BCUT2D eigenvalue weighted by atomic mass is 16.6. The second-order valence-corrected chi connectivity index (χ2v) is 5.13. The van der Waals surface area contributed by atoms with Crippen LogP contribution in [-0.4, -0.2) is 55.0 Å². The van der Waals surface area contributed by atoms with E-state index < -0.39 is 5.97 Å². The number of ether oxygens (including phenoxy) is 2. The lowest BCUT2D eigenvalue weighted by Gasteiger charge is -2.33. The third-order valence-corrected chi connectivity index (χ3v) is 2.89. The Morgan fingerprint density at radius 1 is 1.63 bits per heavy atom. The maximum Gasteiger partial charge on any atom is 0.360 e. The first-order valence-corrected chi connectivity index (χ1v) is 6.56. The van der Waals surface area contributed by atoms with Gasteiger partial charge in [0, 0.05) is 25.7 Å². The molecule has 1 aromatic rings. The number of hydrogen-bond acceptors (Lipinski definition) is 6. The van der Waals surface area contributed by atoms with E-state index in [1.54, 1.807) is 0 Å². The second-order valence-electron chi connectivity index (χ2n) is 5.13. The molecule has 0 amide bonds. The molecule has 19 heavy (non-hydrogen) atoms. The van der Waals surface area contributed by atoms with Crippen LogP contribution >= 0.6 is 0 Å². The van der Waals surface area contributed by atoms with Gasteiger partial charge in [0.2, 0.25) is 0 Å². The molecule has 106 valence electrons. The smallest absolute Gasteiger partial charge is 0.360 e. The molecular weight excluding hydrogens is 248 g/mol. The van der Waals surface area contributed by atoms with Crippen molar-refractivity contribution in [3.63, 3.8) is 0 Å². The zero-order chi connectivity index (χ0) is 13.7. The Hall–Kier alpha value is -1.40. The van der Waals surface area contributed by atoms with Gasteiger partial charge in [0.15, 0.2) is 5.69 Å². The Labute approximate surface area is 112 Å². The molecular formula is C13H20N2O4. The van der Waals surface area contributed by atoms with Crippen molar-refractivity contribution >= 4 is 5.97 Å². The van der Waals surface area contributed by atoms with Crippen molar-refractivity contribution in [2.75, 3.05) is 32.8 Å². The third kappa shape index (κ3) is 4.33. The van der Waals surface area contributed by atoms with Crippen molar-refractivity contribution in [1.29, 1.82) is 0 Å². The van der Waals surface area contributed by atoms with E-state index in [1.165, 1.54) is 12.3 Å². The van der Waals surface area contributed by atoms with Crippen LogP contribution in [0.2, 0.25) is 0 Å². The van der Waals surface area contributed by atoms with Crippen LogP contribution in [0.4, 0.5) is 0 Å². The molecule has 6 heteroatoms. The van der Waals surface area contributed by atoms with E-state index in [9.17, 15) is 4.79 Å². The highest BCUT2D eigenvalue weighted by Gasteiger charge is 2.23. The van der Waals surface area contributed by atoms with Crippen LogP contribution < -0.4 is 0 Å². The minimum atomic E-state index is -0.474. The van der Waals surface area contributed by atoms with Gasteiger partial charge in [0.05, 0.1) is 6.61 Å². The van der Waals surface area contributed by atoms with Gasteiger partial charge in [0.1, 0.15) is 19.0 Å². The molecule has 0 aliphatic carbocycles. The lowest BCUT2D eigenvalue weighted by Crippen LogP contribution is -2.45. The largest absolute Gasteiger partial charge is 0.458 e. The first kappa shape index (κ1) is 14.0. The van der Waals surface area contributed by atoms with Crippen LogP contribution in [0.3, 0.4) is 0 Å². The minimum Gasteiger partial charge on any atom is -0.458 e. The summed E-state index contributed by atoms with van der Waals surface area (Å²) in [5, 5.41) is 3.53. The Morgan fingerprint density at radius 3 is 3.16 bits per heavy atom. The van der Waals surface area contributed by atoms with Gasteiger partial charge >= 0.3 is 5.97 Å². The van der Waals surface area contributed by atoms with Crippen LogP contribution in [0.1, 0.15) is 24.3 Å². The molecule has 1 fully saturated rings. The molecule has 0 radical (unpaired) electrons. The van der Waals surface area contributed by atoms with Gasteiger partial charge in [-0.2, -0.15) is 0 Å². The molecule has 1 unspecified atom stereocenters. The normalized spacial score (nSPS) is 20.7. The van der Waals surface area contributed by atoms with Crippen LogP contribution in [0.5, 0.6) is 0 Å². The molecule has 1 atom stereocenters. The van der Waals surface area contributed by atoms with Crippen molar-refractivity contribution in [3.8, 4) is 0 Å². The number of hydrogen-bond donors (Lipinski definition) is 0. The fourth-order valence-corrected chi connectivity index (χ4v) is 2.12. The summed E-state index contributed by atoms with van der Waals surface area (Å²) in [6.45, 7) is 8.08. The molecule has 0 N–H and O–H groups in total. The fraction of sp³-hybridized carbons (Fsp3) is 0.692. The number of esters is 1. The summed E-state index contributed by atoms with van der Waals surface area (Å²) < 4.78 is 15.4. The van der Waals surface area contributed by atoms with E-state index in [0.717, 1.165) is 19.6 Å². The molecule has 0 bridgehead atoms. The number of carbonyl (C=O) groups excluding carboxylic acids is 1. The SMILES string of the molecule is CC(C)CN1CCOC(COC(=O)c2ccon2)C1. The lowest BCUT2D eigenvalue weighted by molar-refractivity contribution is -0.0614. The summed E-state index contributed by atoms with van der Waals surface area (Å²) >= 11 is 0. The van der Waals surface area contributed by atoms with Gasteiger partial charge in [-0.25, -0.2) is 4.79 Å². The molecule has 1 aliphatic rings. The van der Waals surface area contributed by atoms with Gasteiger partial charge in [-0.1, -0.05) is 19.0 Å². The molecule has 1 saturated heterocycles. The van der Waals surface area contributed by atoms with E-state index in [1.807, 2.05) is 0 Å². The summed E-state index contributed by atoms with van der Waals surface area (Å²) in [7, 11) is 0. The van der Waals surface area contributed by atoms with Gasteiger partial charge in [-0.15, -0.1) is 0 Å². The van der Waals surface area contributed by atoms with Crippen molar-refractivity contribution in [2.45, 2.75) is 20.0 Å². The second kappa shape index (κ2) is 6.68. The summed E-state index contributed by atoms with van der Waals surface area (Å²) in [4.78, 5) is 13.9. The summed E-state index contributed by atoms with van der Waals surface area (Å²) in [5.74, 6) is 0.148. The van der Waals surface area contributed by atoms with E-state index in [0.29, 0.717) is 12.5 Å². The number of aromatic nitrogens is 1. The molecule has 0 aromatic carbocycles. The predicted molar refractivity (Wildman–Crippen MR) is 67.8 cm³/mol. The quantitative estimate of drug-likeness (QED) is 0.747. The first-order chi connectivity index (χ1) is 9.15. The molecule has 1 aromatic heterocycles. The summed E-state index contributed by atoms with van der Waals surface area (Å²) in [5.41, 5.74) is 0.190. The summed E-state index contributed by atoms with van der Waals surface area (Å²) in [6.07, 6.45) is 1.28. The average Bonchev–Trinajstić information content (AvgIpc) is 2.89. The van der Waals surface area contributed by atoms with E-state index >= 15 is 0 Å². The molecule has 6 nitrogen and oxygen atoms in total. The zero-order valence-electron chi connectivity index (χ0n) is 11.4. The Morgan fingerprint density at radius 2 is 2.47 bits per heavy atom. The van der Waals surface area contributed by atoms with E-state index in [2.05, 4.69) is 28.4 Å². The minimum absolute atomic E-state index is 0.0663. The topological polar surface area (TPSA) is 64.8 Å². The van der Waals surface area contributed by atoms with Crippen molar-refractivity contribution in [3.05, 3.63) is 18.0 Å². The number of carbonyl (C=O) groups is 1. The maximum atomic E-state index is 11.6. The number of morpholine rings is 1. The van der Waals surface area contributed by atoms with Gasteiger partial charge in [-0.05, 0) is 5.92 Å². The van der Waals surface area contributed by atoms with Crippen molar-refractivity contribution < 1.29 is 18.8 Å². The van der Waals surface area contributed by atoms with Crippen LogP contribution in [-0.2, 0) is 9.47 Å². The van der Waals surface area contributed by atoms with E-state index in [4.69, 9.17) is 9.47 Å². The van der Waals surface area contributed by atoms with Crippen molar-refractivity contribution in [2.24, 2.45) is 5.92 Å². The Balaban J connectivity index is 1.75. The molecule has 1 aliphatic heterocycles. The number of nitrogens with zero attached hydrogens (tertiary/aromatic N) is 2. The van der Waals surface area contributed by atoms with Gasteiger partial charge in [-0.3, -0.25) is 4.90 Å².